The average Bonchev–Trinajstić information content (AvgIpc) is 2.28. The zero-order valence-electron chi connectivity index (χ0n) is 5.90. The highest BCUT2D eigenvalue weighted by Crippen LogP contribution is 2.25. The van der Waals surface area contributed by atoms with Crippen molar-refractivity contribution in [3.8, 4) is 0 Å². The molecule has 0 unspecified atom stereocenters. The van der Waals surface area contributed by atoms with Crippen LogP contribution in [0.3, 0.4) is 0 Å². The number of fused-ring (bicyclic) bond motifs is 1. The van der Waals surface area contributed by atoms with E-state index < -0.39 is 0 Å². The summed E-state index contributed by atoms with van der Waals surface area (Å²) in [6.45, 7) is 0. The van der Waals surface area contributed by atoms with Crippen molar-refractivity contribution in [2.75, 3.05) is 0 Å². The fourth-order valence-corrected chi connectivity index (χ4v) is 1.60. The Labute approximate surface area is 70.0 Å². The van der Waals surface area contributed by atoms with Gasteiger partial charge in [-0.1, -0.05) is 24.3 Å². The Morgan fingerprint density at radius 3 is 3.09 bits per heavy atom. The molecule has 1 aromatic rings. The average molecular weight is 161 g/mol. The Bertz CT molecular complexity index is 315. The lowest BCUT2D eigenvalue weighted by atomic mass is 10.2. The minimum atomic E-state index is 1.22. The van der Waals surface area contributed by atoms with Gasteiger partial charge in [0.25, 0.3) is 0 Å². The quantitative estimate of drug-likeness (QED) is 0.533. The third kappa shape index (κ3) is 1.35. The maximum absolute atomic E-state index is 4.12. The number of hydrogen-bond donors (Lipinski definition) is 0. The molecule has 2 rings (SSSR count). The topological polar surface area (TPSA) is 12.4 Å². The summed E-state index contributed by atoms with van der Waals surface area (Å²) in [5, 5.41) is 0. The van der Waals surface area contributed by atoms with Crippen LogP contribution < -0.4 is 0 Å². The first-order valence-electron chi connectivity index (χ1n) is 3.43. The van der Waals surface area contributed by atoms with Crippen molar-refractivity contribution in [3.63, 3.8) is 0 Å². The van der Waals surface area contributed by atoms with E-state index in [1.165, 1.54) is 22.4 Å². The third-order valence-electron chi connectivity index (χ3n) is 1.49. The number of nitrogens with zero attached hydrogens (tertiary/aromatic N) is 1. The van der Waals surface area contributed by atoms with E-state index in [0.717, 1.165) is 0 Å². The molecule has 0 aromatic heterocycles. The van der Waals surface area contributed by atoms with E-state index in [2.05, 4.69) is 22.6 Å². The fraction of sp³-hybridized carbons (Fsp3) is 0. The van der Waals surface area contributed by atoms with Gasteiger partial charge in [-0.15, -0.1) is 0 Å². The van der Waals surface area contributed by atoms with Gasteiger partial charge in [-0.05, 0) is 17.7 Å². The lowest BCUT2D eigenvalue weighted by Gasteiger charge is -1.97. The van der Waals surface area contributed by atoms with Gasteiger partial charge in [-0.2, -0.15) is 0 Å². The number of benzene rings is 1. The van der Waals surface area contributed by atoms with E-state index in [4.69, 9.17) is 0 Å². The van der Waals surface area contributed by atoms with Crippen molar-refractivity contribution < 1.29 is 0 Å². The molecule has 0 amide bonds. The van der Waals surface area contributed by atoms with Crippen molar-refractivity contribution in [2.45, 2.75) is 4.90 Å². The summed E-state index contributed by atoms with van der Waals surface area (Å²) in [4.78, 5) is 1.22. The predicted octanol–water partition coefficient (Wildman–Crippen LogP) is 2.79. The van der Waals surface area contributed by atoms with E-state index in [1.54, 1.807) is 0 Å². The largest absolute Gasteiger partial charge is 0.219 e. The number of hydrogen-bond acceptors (Lipinski definition) is 2. The lowest BCUT2D eigenvalue weighted by Crippen LogP contribution is -1.73. The van der Waals surface area contributed by atoms with E-state index >= 15 is 0 Å². The van der Waals surface area contributed by atoms with E-state index in [-0.39, 0.29) is 0 Å². The Morgan fingerprint density at radius 2 is 2.09 bits per heavy atom. The maximum Gasteiger partial charge on any atom is 0.0377 e. The van der Waals surface area contributed by atoms with Crippen molar-refractivity contribution in [2.24, 2.45) is 4.40 Å². The van der Waals surface area contributed by atoms with Crippen LogP contribution in [0.15, 0.2) is 39.6 Å². The Kier molecular flexibility index (Phi) is 1.78. The first-order chi connectivity index (χ1) is 5.47. The Balaban J connectivity index is 2.52. The molecule has 0 bridgehead atoms. The first-order valence-corrected chi connectivity index (χ1v) is 4.20. The number of allylic oxidation sites excluding steroid dienone is 1. The Morgan fingerprint density at radius 1 is 1.18 bits per heavy atom. The Hall–Kier alpha value is -1.02. The van der Waals surface area contributed by atoms with Crippen LogP contribution in [0, 0.1) is 0 Å². The van der Waals surface area contributed by atoms with E-state index in [0.29, 0.717) is 0 Å². The SMILES string of the molecule is C1=Cc2ccccc2SN=C1. The fourth-order valence-electron chi connectivity index (χ4n) is 0.970. The van der Waals surface area contributed by atoms with Crippen LogP contribution in [0.1, 0.15) is 5.56 Å². The van der Waals surface area contributed by atoms with Crippen molar-refractivity contribution in [1.82, 2.24) is 0 Å². The summed E-state index contributed by atoms with van der Waals surface area (Å²) in [6.07, 6.45) is 5.84. The molecule has 1 aliphatic rings. The van der Waals surface area contributed by atoms with Crippen LogP contribution in [0.4, 0.5) is 0 Å². The maximum atomic E-state index is 4.12. The van der Waals surface area contributed by atoms with Gasteiger partial charge < -0.3 is 0 Å². The lowest BCUT2D eigenvalue weighted by molar-refractivity contribution is 1.43. The monoisotopic (exact) mass is 161 g/mol. The van der Waals surface area contributed by atoms with Gasteiger partial charge >= 0.3 is 0 Å². The van der Waals surface area contributed by atoms with Gasteiger partial charge in [0.2, 0.25) is 0 Å². The zero-order valence-corrected chi connectivity index (χ0v) is 6.71. The molecule has 0 saturated heterocycles. The van der Waals surface area contributed by atoms with Crippen LogP contribution >= 0.6 is 11.9 Å². The van der Waals surface area contributed by atoms with Gasteiger partial charge in [-0.25, -0.2) is 4.40 Å². The molecule has 1 heterocycles. The van der Waals surface area contributed by atoms with Gasteiger partial charge in [0.05, 0.1) is 0 Å². The molecule has 0 saturated carbocycles. The van der Waals surface area contributed by atoms with E-state index in [9.17, 15) is 0 Å². The molecule has 0 radical (unpaired) electrons. The van der Waals surface area contributed by atoms with Crippen LogP contribution in [-0.4, -0.2) is 6.21 Å². The molecule has 0 spiro atoms. The minimum Gasteiger partial charge on any atom is -0.219 e. The summed E-state index contributed by atoms with van der Waals surface area (Å²) >= 11 is 1.52. The molecule has 54 valence electrons. The molecule has 0 atom stereocenters. The predicted molar refractivity (Wildman–Crippen MR) is 49.8 cm³/mol. The smallest absolute Gasteiger partial charge is 0.0377 e. The van der Waals surface area contributed by atoms with Gasteiger partial charge in [-0.3, -0.25) is 0 Å². The minimum absolute atomic E-state index is 1.22. The third-order valence-corrected chi connectivity index (χ3v) is 2.29. The normalized spacial score (nSPS) is 14.2. The molecular formula is C9H7NS. The van der Waals surface area contributed by atoms with Crippen molar-refractivity contribution in [1.29, 1.82) is 0 Å². The molecule has 1 aliphatic heterocycles. The summed E-state index contributed by atoms with van der Waals surface area (Å²) in [6, 6.07) is 8.23. The molecule has 11 heavy (non-hydrogen) atoms. The molecule has 0 fully saturated rings. The van der Waals surface area contributed by atoms with E-state index in [1.807, 2.05) is 24.4 Å². The second-order valence-corrected chi connectivity index (χ2v) is 3.08. The molecular weight excluding hydrogens is 154 g/mol. The second-order valence-electron chi connectivity index (χ2n) is 2.24. The van der Waals surface area contributed by atoms with Crippen LogP contribution in [0.5, 0.6) is 0 Å². The highest BCUT2D eigenvalue weighted by molar-refractivity contribution is 7.98. The highest BCUT2D eigenvalue weighted by atomic mass is 32.2. The summed E-state index contributed by atoms with van der Waals surface area (Å²) in [5.41, 5.74) is 1.25. The van der Waals surface area contributed by atoms with Gasteiger partial charge in [0, 0.05) is 23.1 Å². The summed E-state index contributed by atoms with van der Waals surface area (Å²) in [7, 11) is 0. The molecule has 2 heteroatoms. The van der Waals surface area contributed by atoms with Crippen LogP contribution in [0.25, 0.3) is 6.08 Å². The van der Waals surface area contributed by atoms with Crippen molar-refractivity contribution >= 4 is 24.2 Å². The second kappa shape index (κ2) is 2.93. The molecule has 0 aliphatic carbocycles. The van der Waals surface area contributed by atoms with Gasteiger partial charge in [0.1, 0.15) is 0 Å². The van der Waals surface area contributed by atoms with Crippen LogP contribution in [0.2, 0.25) is 0 Å². The first kappa shape index (κ1) is 6.68. The summed E-state index contributed by atoms with van der Waals surface area (Å²) in [5.74, 6) is 0. The zero-order chi connectivity index (χ0) is 7.52. The number of rotatable bonds is 0. The molecule has 1 nitrogen and oxygen atoms in total. The summed E-state index contributed by atoms with van der Waals surface area (Å²) < 4.78 is 4.12. The highest BCUT2D eigenvalue weighted by Gasteiger charge is 1.98. The molecule has 1 aromatic carbocycles. The molecule has 0 N–H and O–H groups in total. The van der Waals surface area contributed by atoms with Crippen LogP contribution in [-0.2, 0) is 0 Å². The standard InChI is InChI=1S/C9H7NS/c1-2-6-9-8(4-1)5-3-7-10-11-9/h1-7H. The van der Waals surface area contributed by atoms with Gasteiger partial charge in [0.15, 0.2) is 0 Å². The van der Waals surface area contributed by atoms with Crippen molar-refractivity contribution in [3.05, 3.63) is 35.9 Å².